The summed E-state index contributed by atoms with van der Waals surface area (Å²) in [5, 5.41) is 2.37. The number of likely N-dealkylation sites (N-methyl/N-ethyl adjacent to an activating group) is 1. The average Bonchev–Trinajstić information content (AvgIpc) is 2.63. The Morgan fingerprint density at radius 1 is 1.34 bits per heavy atom. The molecule has 0 aromatic heterocycles. The summed E-state index contributed by atoms with van der Waals surface area (Å²) in [4.78, 5) is 41.4. The molecule has 0 fully saturated rings. The fraction of sp³-hybridized carbons (Fsp3) is 0.714. The molecular weight excluding hydrogens is 374 g/mol. The van der Waals surface area contributed by atoms with Gasteiger partial charge in [-0.05, 0) is 59.3 Å². The summed E-state index contributed by atoms with van der Waals surface area (Å²) in [5.41, 5.74) is -0.880. The number of rotatable bonds is 1. The zero-order valence-electron chi connectivity index (χ0n) is 20.8. The minimum absolute atomic E-state index is 0.109. The summed E-state index contributed by atoms with van der Waals surface area (Å²) >= 11 is 0. The molecule has 1 N–H and O–H groups in total. The van der Waals surface area contributed by atoms with Gasteiger partial charge in [0.2, 0.25) is 11.9 Å². The number of allylic oxidation sites excluding steroid dienone is 2. The van der Waals surface area contributed by atoms with E-state index in [1.807, 2.05) is 19.1 Å². The highest BCUT2D eigenvalue weighted by Gasteiger charge is 2.21. The van der Waals surface area contributed by atoms with E-state index in [1.54, 1.807) is 20.8 Å². The quantitative estimate of drug-likeness (QED) is 0.522. The van der Waals surface area contributed by atoms with Gasteiger partial charge in [0.05, 0.1) is 0 Å². The van der Waals surface area contributed by atoms with Gasteiger partial charge in [-0.15, -0.1) is 4.99 Å². The SMILES string of the molecule is [2H]C([2H])([2H])N1CC(=O)OC(CC)CC/C=C\CCCCC(=O)N/C1=N/C(=O)OC(C)(C)C. The van der Waals surface area contributed by atoms with Crippen LogP contribution in [0, 0.1) is 0 Å². The number of aliphatic imine (C=N–C) groups is 1. The van der Waals surface area contributed by atoms with Gasteiger partial charge in [-0.25, -0.2) is 4.79 Å². The number of amides is 2. The summed E-state index contributed by atoms with van der Waals surface area (Å²) in [7, 11) is 0. The van der Waals surface area contributed by atoms with Crippen LogP contribution in [0.25, 0.3) is 0 Å². The van der Waals surface area contributed by atoms with Gasteiger partial charge in [0.25, 0.3) is 0 Å². The first-order valence-electron chi connectivity index (χ1n) is 11.6. The lowest BCUT2D eigenvalue weighted by molar-refractivity contribution is -0.149. The molecule has 8 heteroatoms. The second kappa shape index (κ2) is 12.2. The largest absolute Gasteiger partial charge is 0.461 e. The Morgan fingerprint density at radius 3 is 2.72 bits per heavy atom. The molecule has 1 aliphatic rings. The Hall–Kier alpha value is -2.38. The van der Waals surface area contributed by atoms with Gasteiger partial charge in [0.1, 0.15) is 18.2 Å². The van der Waals surface area contributed by atoms with Crippen LogP contribution in [0.3, 0.4) is 0 Å². The van der Waals surface area contributed by atoms with Crippen molar-refractivity contribution in [2.45, 2.75) is 84.3 Å². The fourth-order valence-corrected chi connectivity index (χ4v) is 2.55. The third-order valence-electron chi connectivity index (χ3n) is 3.98. The van der Waals surface area contributed by atoms with E-state index in [2.05, 4.69) is 10.3 Å². The lowest BCUT2D eigenvalue weighted by Gasteiger charge is -2.23. The Balaban J connectivity index is 3.26. The molecule has 164 valence electrons. The molecule has 1 heterocycles. The molecule has 0 aromatic rings. The molecule has 0 bridgehead atoms. The van der Waals surface area contributed by atoms with Gasteiger partial charge >= 0.3 is 12.1 Å². The Morgan fingerprint density at radius 2 is 2.07 bits per heavy atom. The molecule has 1 unspecified atom stereocenters. The van der Waals surface area contributed by atoms with E-state index in [0.717, 1.165) is 19.3 Å². The number of esters is 1. The average molecular weight is 413 g/mol. The fourth-order valence-electron chi connectivity index (χ4n) is 2.55. The molecular formula is C21H35N3O5. The number of guanidine groups is 1. The molecule has 0 aliphatic carbocycles. The maximum absolute atomic E-state index is 12.5. The summed E-state index contributed by atoms with van der Waals surface area (Å²) in [6.45, 7) is 3.16. The van der Waals surface area contributed by atoms with Crippen LogP contribution in [0.2, 0.25) is 0 Å². The summed E-state index contributed by atoms with van der Waals surface area (Å²) in [6, 6.07) is 0. The zero-order chi connectivity index (χ0) is 24.4. The van der Waals surface area contributed by atoms with Gasteiger partial charge < -0.3 is 14.4 Å². The molecule has 0 spiro atoms. The topological polar surface area (TPSA) is 97.3 Å². The van der Waals surface area contributed by atoms with Crippen molar-refractivity contribution in [3.8, 4) is 0 Å². The molecule has 8 nitrogen and oxygen atoms in total. The van der Waals surface area contributed by atoms with Crippen molar-refractivity contribution in [2.75, 3.05) is 13.5 Å². The van der Waals surface area contributed by atoms with Crippen LogP contribution >= 0.6 is 0 Å². The first-order chi connectivity index (χ1) is 14.8. The molecule has 1 atom stereocenters. The van der Waals surface area contributed by atoms with Gasteiger partial charge in [0, 0.05) is 17.5 Å². The molecule has 0 radical (unpaired) electrons. The molecule has 1 aliphatic heterocycles. The first kappa shape index (κ1) is 19.9. The van der Waals surface area contributed by atoms with Crippen LogP contribution in [-0.4, -0.2) is 54.1 Å². The number of ether oxygens (including phenoxy) is 2. The molecule has 2 amide bonds. The zero-order valence-corrected chi connectivity index (χ0v) is 17.8. The summed E-state index contributed by atoms with van der Waals surface area (Å²) < 4.78 is 34.0. The van der Waals surface area contributed by atoms with Gasteiger partial charge in [0.15, 0.2) is 0 Å². The minimum atomic E-state index is -2.87. The number of carbonyl (C=O) groups is 3. The van der Waals surface area contributed by atoms with Crippen LogP contribution < -0.4 is 5.32 Å². The van der Waals surface area contributed by atoms with Crippen LogP contribution in [0.15, 0.2) is 17.1 Å². The van der Waals surface area contributed by atoms with Gasteiger partial charge in [-0.3, -0.25) is 14.9 Å². The molecule has 0 saturated carbocycles. The first-order valence-corrected chi connectivity index (χ1v) is 10.1. The summed E-state index contributed by atoms with van der Waals surface area (Å²) in [6.07, 6.45) is 6.75. The van der Waals surface area contributed by atoms with Crippen LogP contribution in [0.5, 0.6) is 0 Å². The van der Waals surface area contributed by atoms with Crippen molar-refractivity contribution in [1.29, 1.82) is 0 Å². The monoisotopic (exact) mass is 412 g/mol. The van der Waals surface area contributed by atoms with E-state index in [-0.39, 0.29) is 12.5 Å². The number of nitrogens with zero attached hydrogens (tertiary/aromatic N) is 2. The number of hydrogen-bond acceptors (Lipinski definition) is 5. The second-order valence-electron chi connectivity index (χ2n) is 7.86. The van der Waals surface area contributed by atoms with Crippen molar-refractivity contribution < 1.29 is 28.0 Å². The lowest BCUT2D eigenvalue weighted by atomic mass is 10.1. The van der Waals surface area contributed by atoms with Crippen LogP contribution in [-0.2, 0) is 19.1 Å². The number of carbonyl (C=O) groups excluding carboxylic acids is 3. The highest BCUT2D eigenvalue weighted by atomic mass is 16.6. The van der Waals surface area contributed by atoms with Crippen LogP contribution in [0.4, 0.5) is 4.79 Å². The highest BCUT2D eigenvalue weighted by Crippen LogP contribution is 2.11. The van der Waals surface area contributed by atoms with Gasteiger partial charge in [-0.1, -0.05) is 19.1 Å². The van der Waals surface area contributed by atoms with E-state index >= 15 is 0 Å². The minimum Gasteiger partial charge on any atom is -0.461 e. The molecule has 29 heavy (non-hydrogen) atoms. The predicted octanol–water partition coefficient (Wildman–Crippen LogP) is 3.56. The predicted molar refractivity (Wildman–Crippen MR) is 111 cm³/mol. The van der Waals surface area contributed by atoms with E-state index in [0.29, 0.717) is 24.2 Å². The molecule has 0 saturated heterocycles. The Labute approximate surface area is 177 Å². The van der Waals surface area contributed by atoms with E-state index in [1.165, 1.54) is 0 Å². The van der Waals surface area contributed by atoms with Crippen molar-refractivity contribution in [3.63, 3.8) is 0 Å². The molecule has 1 rings (SSSR count). The third kappa shape index (κ3) is 11.3. The van der Waals surface area contributed by atoms with Crippen LogP contribution in [0.1, 0.15) is 76.8 Å². The van der Waals surface area contributed by atoms with E-state index in [4.69, 9.17) is 13.6 Å². The normalized spacial score (nSPS) is 25.2. The Bertz CT molecular complexity index is 714. The smallest absolute Gasteiger partial charge is 0.437 e. The van der Waals surface area contributed by atoms with Crippen molar-refractivity contribution in [3.05, 3.63) is 12.2 Å². The van der Waals surface area contributed by atoms with Crippen molar-refractivity contribution >= 4 is 23.9 Å². The van der Waals surface area contributed by atoms with Gasteiger partial charge in [-0.2, -0.15) is 0 Å². The standard InChI is InChI=1S/C21H35N3O5/c1-6-16-13-11-9-7-8-10-12-14-17(25)22-19(24(5)15-18(26)28-16)23-20(27)29-21(2,3)4/h7,9,16H,6,8,10-15H2,1-5H3,(H,22,23,25,27)/b9-7-/i5D3. The number of cyclic esters (lactones) is 1. The summed E-state index contributed by atoms with van der Waals surface area (Å²) in [5.74, 6) is -1.88. The van der Waals surface area contributed by atoms with Crippen molar-refractivity contribution in [1.82, 2.24) is 10.2 Å². The molecule has 0 aromatic carbocycles. The lowest BCUT2D eigenvalue weighted by Crippen LogP contribution is -2.45. The van der Waals surface area contributed by atoms with E-state index < -0.39 is 43.1 Å². The third-order valence-corrected chi connectivity index (χ3v) is 3.98. The number of hydrogen-bond donors (Lipinski definition) is 1. The highest BCUT2D eigenvalue weighted by molar-refractivity contribution is 6.01. The Kier molecular flexibility index (Phi) is 8.41. The second-order valence-corrected chi connectivity index (χ2v) is 7.86. The number of nitrogens with one attached hydrogen (secondary N) is 1. The van der Waals surface area contributed by atoms with Crippen molar-refractivity contribution in [2.24, 2.45) is 4.99 Å². The maximum Gasteiger partial charge on any atom is 0.437 e. The van der Waals surface area contributed by atoms with E-state index in [9.17, 15) is 14.4 Å². The maximum atomic E-state index is 12.5.